The van der Waals surface area contributed by atoms with E-state index in [1.54, 1.807) is 24.3 Å². The number of benzene rings is 1. The number of non-ortho nitro benzene ring substituents is 1. The van der Waals surface area contributed by atoms with Crippen LogP contribution in [0, 0.1) is 10.1 Å². The Morgan fingerprint density at radius 2 is 2.18 bits per heavy atom. The summed E-state index contributed by atoms with van der Waals surface area (Å²) in [4.78, 5) is 25.6. The van der Waals surface area contributed by atoms with Gasteiger partial charge in [0.25, 0.3) is 5.69 Å². The number of carbonyl (C=O) groups excluding carboxylic acids is 1. The molecule has 2 rings (SSSR count). The maximum atomic E-state index is 11.6. The van der Waals surface area contributed by atoms with Crippen LogP contribution in [-0.4, -0.2) is 15.9 Å². The van der Waals surface area contributed by atoms with Crippen molar-refractivity contribution < 1.29 is 14.5 Å². The van der Waals surface area contributed by atoms with Gasteiger partial charge in [0.2, 0.25) is 0 Å². The topological polar surface area (TPSA) is 82.3 Å². The number of esters is 1. The Hall–Kier alpha value is -2.73. The lowest BCUT2D eigenvalue weighted by Crippen LogP contribution is -2.01. The quantitative estimate of drug-likeness (QED) is 0.277. The van der Waals surface area contributed by atoms with Crippen molar-refractivity contribution in [3.63, 3.8) is 0 Å². The summed E-state index contributed by atoms with van der Waals surface area (Å²) < 4.78 is 5.02. The van der Waals surface area contributed by atoms with E-state index in [0.717, 1.165) is 0 Å². The normalized spacial score (nSPS) is 10.6. The molecular formula is C15H11ClN2O4. The number of aromatic nitrogens is 1. The van der Waals surface area contributed by atoms with Crippen LogP contribution in [0.15, 0.2) is 48.7 Å². The summed E-state index contributed by atoms with van der Waals surface area (Å²) in [5, 5.41) is 11.0. The highest BCUT2D eigenvalue weighted by atomic mass is 35.5. The fourth-order valence-electron chi connectivity index (χ4n) is 1.60. The monoisotopic (exact) mass is 318 g/mol. The van der Waals surface area contributed by atoms with E-state index in [1.165, 1.54) is 30.5 Å². The Kier molecular flexibility index (Phi) is 5.21. The summed E-state index contributed by atoms with van der Waals surface area (Å²) in [6, 6.07) is 9.25. The second-order valence-electron chi connectivity index (χ2n) is 4.28. The van der Waals surface area contributed by atoms with E-state index in [9.17, 15) is 14.9 Å². The van der Waals surface area contributed by atoms with Crippen LogP contribution in [0.4, 0.5) is 5.69 Å². The smallest absolute Gasteiger partial charge is 0.331 e. The van der Waals surface area contributed by atoms with Crippen LogP contribution in [-0.2, 0) is 16.1 Å². The first kappa shape index (κ1) is 15.7. The molecule has 1 aromatic heterocycles. The second-order valence-corrected chi connectivity index (χ2v) is 4.67. The van der Waals surface area contributed by atoms with Crippen LogP contribution < -0.4 is 0 Å². The largest absolute Gasteiger partial charge is 0.458 e. The molecule has 0 amide bonds. The Labute approximate surface area is 131 Å². The standard InChI is InChI=1S/C15H11ClN2O4/c16-14-6-4-12(9-17-14)10-22-15(19)7-5-11-2-1-3-13(8-11)18(20)21/h1-9H,10H2/b7-5+. The zero-order valence-corrected chi connectivity index (χ0v) is 12.1. The maximum absolute atomic E-state index is 11.6. The molecule has 7 heteroatoms. The number of hydrogen-bond acceptors (Lipinski definition) is 5. The van der Waals surface area contributed by atoms with Gasteiger partial charge in [0.1, 0.15) is 11.8 Å². The summed E-state index contributed by atoms with van der Waals surface area (Å²) >= 11 is 5.65. The molecule has 0 bridgehead atoms. The molecule has 1 heterocycles. The van der Waals surface area contributed by atoms with Crippen LogP contribution in [0.2, 0.25) is 5.15 Å². The minimum absolute atomic E-state index is 0.0391. The Morgan fingerprint density at radius 3 is 2.86 bits per heavy atom. The molecule has 0 aliphatic rings. The average molecular weight is 319 g/mol. The molecule has 0 fully saturated rings. The number of nitrogens with zero attached hydrogens (tertiary/aromatic N) is 2. The van der Waals surface area contributed by atoms with Gasteiger partial charge in [-0.25, -0.2) is 9.78 Å². The van der Waals surface area contributed by atoms with E-state index in [0.29, 0.717) is 16.3 Å². The van der Waals surface area contributed by atoms with Crippen molar-refractivity contribution in [2.75, 3.05) is 0 Å². The minimum Gasteiger partial charge on any atom is -0.458 e. The fraction of sp³-hybridized carbons (Fsp3) is 0.0667. The Bertz CT molecular complexity index is 714. The van der Waals surface area contributed by atoms with Crippen molar-refractivity contribution >= 4 is 29.3 Å². The first-order chi connectivity index (χ1) is 10.5. The van der Waals surface area contributed by atoms with Crippen molar-refractivity contribution in [1.82, 2.24) is 4.98 Å². The number of nitro benzene ring substituents is 1. The minimum atomic E-state index is -0.554. The van der Waals surface area contributed by atoms with E-state index >= 15 is 0 Å². The molecule has 2 aromatic rings. The number of carbonyl (C=O) groups is 1. The molecule has 0 radical (unpaired) electrons. The first-order valence-corrected chi connectivity index (χ1v) is 6.62. The summed E-state index contributed by atoms with van der Waals surface area (Å²) in [6.07, 6.45) is 4.18. The third-order valence-electron chi connectivity index (χ3n) is 2.66. The number of halogens is 1. The summed E-state index contributed by atoms with van der Waals surface area (Å²) in [5.41, 5.74) is 1.21. The highest BCUT2D eigenvalue weighted by molar-refractivity contribution is 6.29. The van der Waals surface area contributed by atoms with Gasteiger partial charge in [0, 0.05) is 30.0 Å². The van der Waals surface area contributed by atoms with Crippen molar-refractivity contribution in [1.29, 1.82) is 0 Å². The van der Waals surface area contributed by atoms with E-state index in [2.05, 4.69) is 4.98 Å². The van der Waals surface area contributed by atoms with Crippen molar-refractivity contribution in [3.8, 4) is 0 Å². The highest BCUT2D eigenvalue weighted by Crippen LogP contribution is 2.14. The zero-order chi connectivity index (χ0) is 15.9. The van der Waals surface area contributed by atoms with E-state index in [-0.39, 0.29) is 12.3 Å². The Balaban J connectivity index is 1.92. The lowest BCUT2D eigenvalue weighted by molar-refractivity contribution is -0.384. The van der Waals surface area contributed by atoms with Crippen LogP contribution in [0.1, 0.15) is 11.1 Å². The lowest BCUT2D eigenvalue weighted by atomic mass is 10.2. The molecule has 1 aromatic carbocycles. The predicted molar refractivity (Wildman–Crippen MR) is 81.2 cm³/mol. The van der Waals surface area contributed by atoms with Crippen molar-refractivity contribution in [2.24, 2.45) is 0 Å². The summed E-state index contributed by atoms with van der Waals surface area (Å²) in [7, 11) is 0. The molecule has 0 aliphatic heterocycles. The van der Waals surface area contributed by atoms with Gasteiger partial charge in [0.05, 0.1) is 4.92 Å². The summed E-state index contributed by atoms with van der Waals surface area (Å²) in [6.45, 7) is 0.0717. The van der Waals surface area contributed by atoms with Crippen LogP contribution in [0.5, 0.6) is 0 Å². The van der Waals surface area contributed by atoms with Crippen LogP contribution in [0.3, 0.4) is 0 Å². The molecule has 0 saturated carbocycles. The van der Waals surface area contributed by atoms with Crippen LogP contribution in [0.25, 0.3) is 6.08 Å². The number of rotatable bonds is 5. The molecule has 0 spiro atoms. The third kappa shape index (κ3) is 4.68. The molecule has 0 unspecified atom stereocenters. The molecule has 0 atom stereocenters. The molecule has 22 heavy (non-hydrogen) atoms. The second kappa shape index (κ2) is 7.33. The SMILES string of the molecule is O=C(/C=C/c1cccc([N+](=O)[O-])c1)OCc1ccc(Cl)nc1. The van der Waals surface area contributed by atoms with Gasteiger partial charge >= 0.3 is 5.97 Å². The van der Waals surface area contributed by atoms with Gasteiger partial charge in [-0.3, -0.25) is 10.1 Å². The maximum Gasteiger partial charge on any atom is 0.331 e. The number of ether oxygens (including phenoxy) is 1. The molecule has 6 nitrogen and oxygen atoms in total. The first-order valence-electron chi connectivity index (χ1n) is 6.24. The third-order valence-corrected chi connectivity index (χ3v) is 2.89. The number of pyridine rings is 1. The van der Waals surface area contributed by atoms with Gasteiger partial charge in [0.15, 0.2) is 0 Å². The summed E-state index contributed by atoms with van der Waals surface area (Å²) in [5.74, 6) is -0.554. The van der Waals surface area contributed by atoms with Gasteiger partial charge in [-0.1, -0.05) is 29.8 Å². The van der Waals surface area contributed by atoms with E-state index in [1.807, 2.05) is 0 Å². The van der Waals surface area contributed by atoms with Crippen molar-refractivity contribution in [2.45, 2.75) is 6.61 Å². The highest BCUT2D eigenvalue weighted by Gasteiger charge is 2.04. The molecule has 0 saturated heterocycles. The van der Waals surface area contributed by atoms with Crippen LogP contribution >= 0.6 is 11.6 Å². The molecule has 0 aliphatic carbocycles. The van der Waals surface area contributed by atoms with E-state index < -0.39 is 10.9 Å². The molecule has 112 valence electrons. The average Bonchev–Trinajstić information content (AvgIpc) is 2.52. The van der Waals surface area contributed by atoms with Gasteiger partial charge < -0.3 is 4.74 Å². The lowest BCUT2D eigenvalue weighted by Gasteiger charge is -2.01. The van der Waals surface area contributed by atoms with E-state index in [4.69, 9.17) is 16.3 Å². The molecular weight excluding hydrogens is 308 g/mol. The zero-order valence-electron chi connectivity index (χ0n) is 11.3. The number of nitro groups is 1. The molecule has 0 N–H and O–H groups in total. The van der Waals surface area contributed by atoms with Gasteiger partial charge in [-0.15, -0.1) is 0 Å². The van der Waals surface area contributed by atoms with Gasteiger partial charge in [-0.2, -0.15) is 0 Å². The fourth-order valence-corrected chi connectivity index (χ4v) is 1.71. The predicted octanol–water partition coefficient (Wildman–Crippen LogP) is 3.40. The number of hydrogen-bond donors (Lipinski definition) is 0. The van der Waals surface area contributed by atoms with Gasteiger partial charge in [-0.05, 0) is 17.7 Å². The Morgan fingerprint density at radius 1 is 1.36 bits per heavy atom. The van der Waals surface area contributed by atoms with Crippen molar-refractivity contribution in [3.05, 3.63) is 75.1 Å².